The maximum atomic E-state index is 5.80. The zero-order chi connectivity index (χ0) is 13.2. The van der Waals surface area contributed by atoms with Crippen LogP contribution in [-0.2, 0) is 6.54 Å². The van der Waals surface area contributed by atoms with E-state index in [0.29, 0.717) is 17.4 Å². The van der Waals surface area contributed by atoms with E-state index in [0.717, 1.165) is 5.69 Å². The van der Waals surface area contributed by atoms with Crippen molar-refractivity contribution >= 4 is 11.6 Å². The first-order valence-electron chi connectivity index (χ1n) is 5.72. The third kappa shape index (κ3) is 3.51. The van der Waals surface area contributed by atoms with E-state index in [-0.39, 0.29) is 5.54 Å². The summed E-state index contributed by atoms with van der Waals surface area (Å²) in [5.41, 5.74) is 0.961. The van der Waals surface area contributed by atoms with Gasteiger partial charge in [-0.25, -0.2) is 4.68 Å². The van der Waals surface area contributed by atoms with Crippen molar-refractivity contribution in [1.29, 1.82) is 0 Å². The fraction of sp³-hybridized carbons (Fsp3) is 0.417. The molecule has 0 amide bonds. The molecule has 2 aromatic heterocycles. The van der Waals surface area contributed by atoms with Gasteiger partial charge in [0.25, 0.3) is 0 Å². The predicted octanol–water partition coefficient (Wildman–Crippen LogP) is 2.20. The van der Waals surface area contributed by atoms with Crippen LogP contribution in [0.5, 0.6) is 0 Å². The monoisotopic (exact) mass is 265 g/mol. The minimum Gasteiger partial charge on any atom is -0.306 e. The van der Waals surface area contributed by atoms with Gasteiger partial charge in [-0.15, -0.1) is 5.10 Å². The second-order valence-corrected chi connectivity index (χ2v) is 5.53. The number of hydrogen-bond acceptors (Lipinski definition) is 4. The molecule has 0 fully saturated rings. The first-order valence-corrected chi connectivity index (χ1v) is 6.10. The molecule has 96 valence electrons. The van der Waals surface area contributed by atoms with E-state index in [1.165, 1.54) is 0 Å². The van der Waals surface area contributed by atoms with Crippen molar-refractivity contribution in [2.24, 2.45) is 0 Å². The molecule has 0 bridgehead atoms. The molecule has 5 nitrogen and oxygen atoms in total. The molecule has 2 heterocycles. The van der Waals surface area contributed by atoms with Crippen LogP contribution in [0.2, 0.25) is 5.02 Å². The minimum atomic E-state index is 0.0653. The van der Waals surface area contributed by atoms with Crippen molar-refractivity contribution in [2.75, 3.05) is 0 Å². The number of rotatable bonds is 3. The number of nitrogens with zero attached hydrogens (tertiary/aromatic N) is 4. The Bertz CT molecular complexity index is 512. The summed E-state index contributed by atoms with van der Waals surface area (Å²) in [4.78, 5) is 0. The van der Waals surface area contributed by atoms with Crippen molar-refractivity contribution in [1.82, 2.24) is 25.3 Å². The second-order valence-electron chi connectivity index (χ2n) is 5.09. The molecule has 0 aliphatic heterocycles. The van der Waals surface area contributed by atoms with E-state index in [1.807, 2.05) is 12.1 Å². The Morgan fingerprint density at radius 1 is 1.28 bits per heavy atom. The highest BCUT2D eigenvalue weighted by Crippen LogP contribution is 2.09. The van der Waals surface area contributed by atoms with Gasteiger partial charge >= 0.3 is 0 Å². The average Bonchev–Trinajstić information content (AvgIpc) is 2.73. The third-order valence-electron chi connectivity index (χ3n) is 2.29. The number of halogens is 1. The Morgan fingerprint density at radius 2 is 2.06 bits per heavy atom. The van der Waals surface area contributed by atoms with Crippen molar-refractivity contribution in [3.05, 3.63) is 35.2 Å². The second kappa shape index (κ2) is 5.04. The Labute approximate surface area is 111 Å². The maximum absolute atomic E-state index is 5.80. The molecule has 1 N–H and O–H groups in total. The topological polar surface area (TPSA) is 55.6 Å². The highest BCUT2D eigenvalue weighted by Gasteiger charge is 2.09. The molecule has 0 aliphatic rings. The van der Waals surface area contributed by atoms with Crippen LogP contribution in [0.4, 0.5) is 0 Å². The van der Waals surface area contributed by atoms with Gasteiger partial charge in [0, 0.05) is 12.1 Å². The van der Waals surface area contributed by atoms with E-state index in [2.05, 4.69) is 41.4 Å². The Hall–Kier alpha value is -1.46. The molecule has 2 aromatic rings. The Balaban J connectivity index is 2.06. The summed E-state index contributed by atoms with van der Waals surface area (Å²) < 4.78 is 1.59. The standard InChI is InChI=1S/C12H16ClN5/c1-12(2,3)14-7-10-4-5-11(17-16-10)18-8-9(13)6-15-18/h4-6,8,14H,7H2,1-3H3. The molecule has 0 aromatic carbocycles. The molecule has 0 spiro atoms. The molecule has 0 saturated carbocycles. The fourth-order valence-electron chi connectivity index (χ4n) is 1.35. The predicted molar refractivity (Wildman–Crippen MR) is 70.8 cm³/mol. The van der Waals surface area contributed by atoms with Gasteiger partial charge < -0.3 is 5.32 Å². The summed E-state index contributed by atoms with van der Waals surface area (Å²) in [5.74, 6) is 0.654. The molecule has 0 unspecified atom stereocenters. The smallest absolute Gasteiger partial charge is 0.175 e. The fourth-order valence-corrected chi connectivity index (χ4v) is 1.49. The lowest BCUT2D eigenvalue weighted by Crippen LogP contribution is -2.35. The van der Waals surface area contributed by atoms with Gasteiger partial charge in [-0.1, -0.05) is 11.6 Å². The molecular formula is C12H16ClN5. The zero-order valence-electron chi connectivity index (χ0n) is 10.7. The molecule has 0 radical (unpaired) electrons. The lowest BCUT2D eigenvalue weighted by molar-refractivity contribution is 0.420. The van der Waals surface area contributed by atoms with Gasteiger partial charge in [-0.3, -0.25) is 0 Å². The van der Waals surface area contributed by atoms with Crippen LogP contribution in [0.25, 0.3) is 5.82 Å². The van der Waals surface area contributed by atoms with Crippen molar-refractivity contribution in [2.45, 2.75) is 32.9 Å². The van der Waals surface area contributed by atoms with E-state index >= 15 is 0 Å². The maximum Gasteiger partial charge on any atom is 0.175 e. The SMILES string of the molecule is CC(C)(C)NCc1ccc(-n2cc(Cl)cn2)nn1. The normalized spacial score (nSPS) is 11.8. The van der Waals surface area contributed by atoms with Crippen LogP contribution >= 0.6 is 11.6 Å². The van der Waals surface area contributed by atoms with Gasteiger partial charge in [0.2, 0.25) is 0 Å². The highest BCUT2D eigenvalue weighted by molar-refractivity contribution is 6.30. The zero-order valence-corrected chi connectivity index (χ0v) is 11.4. The van der Waals surface area contributed by atoms with Crippen LogP contribution in [0.1, 0.15) is 26.5 Å². The van der Waals surface area contributed by atoms with Crippen LogP contribution in [-0.4, -0.2) is 25.5 Å². The lowest BCUT2D eigenvalue weighted by atomic mass is 10.1. The average molecular weight is 266 g/mol. The van der Waals surface area contributed by atoms with Crippen LogP contribution in [0, 0.1) is 0 Å². The van der Waals surface area contributed by atoms with Crippen LogP contribution < -0.4 is 5.32 Å². The molecule has 0 aliphatic carbocycles. The van der Waals surface area contributed by atoms with Gasteiger partial charge in [0.1, 0.15) is 0 Å². The number of nitrogens with one attached hydrogen (secondary N) is 1. The molecule has 2 rings (SSSR count). The van der Waals surface area contributed by atoms with E-state index in [9.17, 15) is 0 Å². The van der Waals surface area contributed by atoms with E-state index in [1.54, 1.807) is 17.1 Å². The van der Waals surface area contributed by atoms with Gasteiger partial charge in [0.05, 0.1) is 23.1 Å². The minimum absolute atomic E-state index is 0.0653. The Morgan fingerprint density at radius 3 is 2.56 bits per heavy atom. The Kier molecular flexibility index (Phi) is 3.63. The third-order valence-corrected chi connectivity index (χ3v) is 2.49. The van der Waals surface area contributed by atoms with Crippen molar-refractivity contribution in [3.8, 4) is 5.82 Å². The highest BCUT2D eigenvalue weighted by atomic mass is 35.5. The van der Waals surface area contributed by atoms with Gasteiger partial charge in [0.15, 0.2) is 5.82 Å². The van der Waals surface area contributed by atoms with Crippen LogP contribution in [0.15, 0.2) is 24.5 Å². The summed E-state index contributed by atoms with van der Waals surface area (Å²) in [6.45, 7) is 7.03. The summed E-state index contributed by atoms with van der Waals surface area (Å²) in [6, 6.07) is 3.80. The molecular weight excluding hydrogens is 250 g/mol. The number of hydrogen-bond donors (Lipinski definition) is 1. The molecule has 6 heteroatoms. The molecule has 0 atom stereocenters. The molecule has 18 heavy (non-hydrogen) atoms. The largest absolute Gasteiger partial charge is 0.306 e. The molecule has 0 saturated heterocycles. The quantitative estimate of drug-likeness (QED) is 0.924. The number of aromatic nitrogens is 4. The first kappa shape index (κ1) is 13.0. The first-order chi connectivity index (χ1) is 8.44. The van der Waals surface area contributed by atoms with Crippen molar-refractivity contribution < 1.29 is 0 Å². The summed E-state index contributed by atoms with van der Waals surface area (Å²) in [6.07, 6.45) is 3.26. The van der Waals surface area contributed by atoms with E-state index < -0.39 is 0 Å². The van der Waals surface area contributed by atoms with Crippen molar-refractivity contribution in [3.63, 3.8) is 0 Å². The van der Waals surface area contributed by atoms with Gasteiger partial charge in [-0.2, -0.15) is 10.2 Å². The van der Waals surface area contributed by atoms with Gasteiger partial charge in [-0.05, 0) is 32.9 Å². The summed E-state index contributed by atoms with van der Waals surface area (Å²) in [7, 11) is 0. The van der Waals surface area contributed by atoms with Crippen LogP contribution in [0.3, 0.4) is 0 Å². The van der Waals surface area contributed by atoms with E-state index in [4.69, 9.17) is 11.6 Å². The lowest BCUT2D eigenvalue weighted by Gasteiger charge is -2.19. The summed E-state index contributed by atoms with van der Waals surface area (Å²) >= 11 is 5.80. The summed E-state index contributed by atoms with van der Waals surface area (Å²) in [5, 5.41) is 16.3.